The van der Waals surface area contributed by atoms with Crippen LogP contribution >= 0.6 is 0 Å². The van der Waals surface area contributed by atoms with Gasteiger partial charge in [0, 0.05) is 25.0 Å². The summed E-state index contributed by atoms with van der Waals surface area (Å²) in [4.78, 5) is 53.2. The molecule has 3 atom stereocenters. The highest BCUT2D eigenvalue weighted by atomic mass is 16.2. The Kier molecular flexibility index (Phi) is 5.35. The van der Waals surface area contributed by atoms with E-state index in [4.69, 9.17) is 0 Å². The average molecular weight is 425 g/mol. The molecule has 4 aliphatic rings. The van der Waals surface area contributed by atoms with Gasteiger partial charge in [0.15, 0.2) is 0 Å². The molecule has 1 aromatic carbocycles. The predicted molar refractivity (Wildman–Crippen MR) is 112 cm³/mol. The van der Waals surface area contributed by atoms with Crippen molar-refractivity contribution >= 4 is 23.6 Å². The fourth-order valence-corrected chi connectivity index (χ4v) is 5.56. The smallest absolute Gasteiger partial charge is 0.262 e. The van der Waals surface area contributed by atoms with E-state index in [1.54, 1.807) is 6.07 Å². The SMILES string of the molecule is O=C1CCC(N2C(=O)c3ccc(CN4CCC[C@H]5NCCCC[C@@H]54)cc3C2=O)C(=O)N1. The van der Waals surface area contributed by atoms with Gasteiger partial charge in [-0.25, -0.2) is 0 Å². The Morgan fingerprint density at radius 2 is 1.77 bits per heavy atom. The van der Waals surface area contributed by atoms with Gasteiger partial charge in [0.25, 0.3) is 11.8 Å². The average Bonchev–Trinajstić information content (AvgIpc) is 2.91. The molecule has 0 aliphatic carbocycles. The molecule has 0 spiro atoms. The second-order valence-corrected chi connectivity index (χ2v) is 9.06. The van der Waals surface area contributed by atoms with Gasteiger partial charge in [0.1, 0.15) is 6.04 Å². The highest BCUT2D eigenvalue weighted by molar-refractivity contribution is 6.23. The molecule has 8 nitrogen and oxygen atoms in total. The monoisotopic (exact) mass is 424 g/mol. The first-order chi connectivity index (χ1) is 15.0. The van der Waals surface area contributed by atoms with Crippen molar-refractivity contribution in [1.82, 2.24) is 20.4 Å². The Hall–Kier alpha value is -2.58. The summed E-state index contributed by atoms with van der Waals surface area (Å²) in [6.45, 7) is 2.87. The van der Waals surface area contributed by atoms with Gasteiger partial charge < -0.3 is 5.32 Å². The number of hydrogen-bond acceptors (Lipinski definition) is 6. The van der Waals surface area contributed by atoms with E-state index >= 15 is 0 Å². The van der Waals surface area contributed by atoms with Crippen molar-refractivity contribution in [2.45, 2.75) is 69.6 Å². The van der Waals surface area contributed by atoms with Gasteiger partial charge in [-0.05, 0) is 62.9 Å². The van der Waals surface area contributed by atoms with Crippen molar-refractivity contribution in [1.29, 1.82) is 0 Å². The predicted octanol–water partition coefficient (Wildman–Crippen LogP) is 1.19. The summed E-state index contributed by atoms with van der Waals surface area (Å²) >= 11 is 0. The van der Waals surface area contributed by atoms with Gasteiger partial charge in [0.05, 0.1) is 11.1 Å². The Bertz CT molecular complexity index is 946. The molecular weight excluding hydrogens is 396 g/mol. The molecule has 0 aromatic heterocycles. The van der Waals surface area contributed by atoms with Gasteiger partial charge in [-0.1, -0.05) is 12.5 Å². The van der Waals surface area contributed by atoms with Crippen LogP contribution in [0, 0.1) is 0 Å². The number of amides is 4. The zero-order valence-electron chi connectivity index (χ0n) is 17.6. The summed E-state index contributed by atoms with van der Waals surface area (Å²) in [5, 5.41) is 5.93. The molecule has 2 N–H and O–H groups in total. The summed E-state index contributed by atoms with van der Waals surface area (Å²) < 4.78 is 0. The van der Waals surface area contributed by atoms with Crippen LogP contribution < -0.4 is 10.6 Å². The molecule has 3 saturated heterocycles. The first-order valence-electron chi connectivity index (χ1n) is 11.3. The zero-order valence-corrected chi connectivity index (χ0v) is 17.6. The minimum Gasteiger partial charge on any atom is -0.312 e. The summed E-state index contributed by atoms with van der Waals surface area (Å²) in [5.41, 5.74) is 1.71. The van der Waals surface area contributed by atoms with Crippen LogP contribution in [0.1, 0.15) is 71.2 Å². The minimum atomic E-state index is -0.923. The third kappa shape index (κ3) is 3.68. The van der Waals surface area contributed by atoms with Crippen molar-refractivity contribution in [3.63, 3.8) is 0 Å². The zero-order chi connectivity index (χ0) is 21.5. The van der Waals surface area contributed by atoms with E-state index < -0.39 is 23.8 Å². The number of nitrogens with zero attached hydrogens (tertiary/aromatic N) is 2. The standard InChI is InChI=1S/C23H28N4O4/c28-20-9-8-19(21(29)25-20)27-22(30)15-7-6-14(12-16(15)23(27)31)13-26-11-3-4-17-18(26)5-1-2-10-24-17/h6-7,12,17-19,24H,1-5,8-11,13H2,(H,25,28,29)/t17-,18+,19?/m1/s1. The Labute approximate surface area is 181 Å². The van der Waals surface area contributed by atoms with Gasteiger partial charge in [-0.3, -0.25) is 34.3 Å². The van der Waals surface area contributed by atoms with E-state index in [1.165, 1.54) is 25.7 Å². The molecule has 8 heteroatoms. The lowest BCUT2D eigenvalue weighted by Gasteiger charge is -2.41. The maximum absolute atomic E-state index is 13.1. The number of carbonyl (C=O) groups excluding carboxylic acids is 4. The second kappa shape index (κ2) is 8.16. The lowest BCUT2D eigenvalue weighted by molar-refractivity contribution is -0.136. The number of benzene rings is 1. The Balaban J connectivity index is 1.35. The summed E-state index contributed by atoms with van der Waals surface area (Å²) in [7, 11) is 0. The van der Waals surface area contributed by atoms with E-state index in [0.29, 0.717) is 23.2 Å². The van der Waals surface area contributed by atoms with Crippen molar-refractivity contribution in [3.8, 4) is 0 Å². The first-order valence-corrected chi connectivity index (χ1v) is 11.3. The molecule has 1 unspecified atom stereocenters. The summed E-state index contributed by atoms with van der Waals surface area (Å²) in [6.07, 6.45) is 6.28. The number of nitrogens with one attached hydrogen (secondary N) is 2. The fraction of sp³-hybridized carbons (Fsp3) is 0.565. The number of hydrogen-bond donors (Lipinski definition) is 2. The second-order valence-electron chi connectivity index (χ2n) is 9.06. The van der Waals surface area contributed by atoms with Gasteiger partial charge in [0.2, 0.25) is 11.8 Å². The number of rotatable bonds is 3. The number of likely N-dealkylation sites (tertiary alicyclic amines) is 1. The highest BCUT2D eigenvalue weighted by Crippen LogP contribution is 2.30. The van der Waals surface area contributed by atoms with Crippen LogP contribution in [-0.2, 0) is 16.1 Å². The number of fused-ring (bicyclic) bond motifs is 2. The van der Waals surface area contributed by atoms with E-state index in [0.717, 1.165) is 36.5 Å². The van der Waals surface area contributed by atoms with Crippen LogP contribution in [0.4, 0.5) is 0 Å². The van der Waals surface area contributed by atoms with Crippen molar-refractivity contribution in [2.24, 2.45) is 0 Å². The van der Waals surface area contributed by atoms with Gasteiger partial charge >= 0.3 is 0 Å². The Morgan fingerprint density at radius 3 is 2.61 bits per heavy atom. The van der Waals surface area contributed by atoms with Crippen molar-refractivity contribution in [2.75, 3.05) is 13.1 Å². The third-order valence-corrected chi connectivity index (χ3v) is 7.12. The normalized spacial score (nSPS) is 29.4. The van der Waals surface area contributed by atoms with E-state index in [9.17, 15) is 19.2 Å². The third-order valence-electron chi connectivity index (χ3n) is 7.12. The number of piperidine rings is 2. The van der Waals surface area contributed by atoms with Crippen LogP contribution in [0.15, 0.2) is 18.2 Å². The molecular formula is C23H28N4O4. The van der Waals surface area contributed by atoms with Crippen LogP contribution in [-0.4, -0.2) is 64.6 Å². The summed E-state index contributed by atoms with van der Waals surface area (Å²) in [6, 6.07) is 5.55. The molecule has 164 valence electrons. The largest absolute Gasteiger partial charge is 0.312 e. The molecule has 5 rings (SSSR count). The lowest BCUT2D eigenvalue weighted by atomic mass is 9.92. The molecule has 0 bridgehead atoms. The number of imide groups is 2. The molecule has 0 radical (unpaired) electrons. The van der Waals surface area contributed by atoms with Crippen molar-refractivity contribution in [3.05, 3.63) is 34.9 Å². The van der Waals surface area contributed by atoms with Gasteiger partial charge in [-0.2, -0.15) is 0 Å². The number of carbonyl (C=O) groups is 4. The van der Waals surface area contributed by atoms with Crippen LogP contribution in [0.2, 0.25) is 0 Å². The molecule has 0 saturated carbocycles. The van der Waals surface area contributed by atoms with Crippen LogP contribution in [0.3, 0.4) is 0 Å². The quantitative estimate of drug-likeness (QED) is 0.708. The fourth-order valence-electron chi connectivity index (χ4n) is 5.56. The molecule has 4 amide bonds. The van der Waals surface area contributed by atoms with Gasteiger partial charge in [-0.15, -0.1) is 0 Å². The van der Waals surface area contributed by atoms with E-state index in [1.807, 2.05) is 12.1 Å². The van der Waals surface area contributed by atoms with E-state index in [-0.39, 0.29) is 18.7 Å². The molecule has 1 aromatic rings. The molecule has 31 heavy (non-hydrogen) atoms. The maximum atomic E-state index is 13.1. The summed E-state index contributed by atoms with van der Waals surface area (Å²) in [5.74, 6) is -1.84. The maximum Gasteiger partial charge on any atom is 0.262 e. The minimum absolute atomic E-state index is 0.126. The molecule has 4 heterocycles. The Morgan fingerprint density at radius 1 is 0.935 bits per heavy atom. The van der Waals surface area contributed by atoms with Crippen LogP contribution in [0.5, 0.6) is 0 Å². The van der Waals surface area contributed by atoms with E-state index in [2.05, 4.69) is 15.5 Å². The molecule has 4 aliphatic heterocycles. The highest BCUT2D eigenvalue weighted by Gasteiger charge is 2.44. The first kappa shape index (κ1) is 20.3. The van der Waals surface area contributed by atoms with Crippen molar-refractivity contribution < 1.29 is 19.2 Å². The lowest BCUT2D eigenvalue weighted by Crippen LogP contribution is -2.54. The topological polar surface area (TPSA) is 98.8 Å². The van der Waals surface area contributed by atoms with Crippen LogP contribution in [0.25, 0.3) is 0 Å². The molecule has 3 fully saturated rings.